The van der Waals surface area contributed by atoms with Crippen molar-refractivity contribution < 1.29 is 8.91 Å². The molecule has 0 saturated heterocycles. The second-order valence-electron chi connectivity index (χ2n) is 4.26. The number of hydrogen-bond donors (Lipinski definition) is 1. The number of benzene rings is 1. The standard InChI is InChI=1S/C13H15FN2O.H3N/c1-4-12-15-13(16-17-12)9-5-6-11(14)10(7-9)8(2)3;/h5-8H,4H2,1-3H3;1H3. The maximum Gasteiger partial charge on any atom is 0.226 e. The summed E-state index contributed by atoms with van der Waals surface area (Å²) in [7, 11) is 0. The van der Waals surface area contributed by atoms with Crippen LogP contribution in [0.25, 0.3) is 11.4 Å². The van der Waals surface area contributed by atoms with Gasteiger partial charge < -0.3 is 10.7 Å². The number of rotatable bonds is 3. The first-order valence-corrected chi connectivity index (χ1v) is 5.74. The molecule has 1 aromatic heterocycles. The zero-order valence-corrected chi connectivity index (χ0v) is 10.9. The fourth-order valence-corrected chi connectivity index (χ4v) is 1.64. The lowest BCUT2D eigenvalue weighted by molar-refractivity contribution is 0.383. The summed E-state index contributed by atoms with van der Waals surface area (Å²) >= 11 is 0. The third kappa shape index (κ3) is 2.73. The molecule has 3 N–H and O–H groups in total. The van der Waals surface area contributed by atoms with E-state index in [0.717, 1.165) is 5.56 Å². The lowest BCUT2D eigenvalue weighted by Crippen LogP contribution is -1.94. The Kier molecular flexibility index (Phi) is 4.55. The van der Waals surface area contributed by atoms with E-state index in [2.05, 4.69) is 10.1 Å². The van der Waals surface area contributed by atoms with Gasteiger partial charge in [0.15, 0.2) is 0 Å². The highest BCUT2D eigenvalue weighted by Gasteiger charge is 2.12. The summed E-state index contributed by atoms with van der Waals surface area (Å²) < 4.78 is 18.6. The van der Waals surface area contributed by atoms with E-state index in [1.807, 2.05) is 20.8 Å². The molecule has 0 bridgehead atoms. The van der Waals surface area contributed by atoms with Gasteiger partial charge in [-0.05, 0) is 29.7 Å². The van der Waals surface area contributed by atoms with Crippen LogP contribution in [0.5, 0.6) is 0 Å². The minimum atomic E-state index is -0.192. The molecule has 0 spiro atoms. The Labute approximate surface area is 106 Å². The summed E-state index contributed by atoms with van der Waals surface area (Å²) in [5, 5.41) is 3.88. The highest BCUT2D eigenvalue weighted by atomic mass is 19.1. The molecule has 98 valence electrons. The fourth-order valence-electron chi connectivity index (χ4n) is 1.64. The Hall–Kier alpha value is -1.75. The maximum atomic E-state index is 13.5. The lowest BCUT2D eigenvalue weighted by atomic mass is 10.00. The van der Waals surface area contributed by atoms with Crippen molar-refractivity contribution in [3.05, 3.63) is 35.5 Å². The first-order chi connectivity index (χ1) is 8.11. The molecule has 5 heteroatoms. The number of halogens is 1. The maximum absolute atomic E-state index is 13.5. The molecule has 4 nitrogen and oxygen atoms in total. The van der Waals surface area contributed by atoms with Crippen molar-refractivity contribution >= 4 is 0 Å². The van der Waals surface area contributed by atoms with E-state index in [9.17, 15) is 4.39 Å². The number of hydrogen-bond acceptors (Lipinski definition) is 4. The molecule has 0 unspecified atom stereocenters. The smallest absolute Gasteiger partial charge is 0.226 e. The molecule has 2 rings (SSSR count). The van der Waals surface area contributed by atoms with Crippen LogP contribution in [0.2, 0.25) is 0 Å². The molecule has 0 atom stereocenters. The van der Waals surface area contributed by atoms with Crippen LogP contribution < -0.4 is 6.15 Å². The molecule has 0 aliphatic rings. The summed E-state index contributed by atoms with van der Waals surface area (Å²) in [5.74, 6) is 1.05. The Morgan fingerprint density at radius 2 is 2.06 bits per heavy atom. The highest BCUT2D eigenvalue weighted by Crippen LogP contribution is 2.24. The van der Waals surface area contributed by atoms with Gasteiger partial charge in [0.1, 0.15) is 5.82 Å². The predicted octanol–water partition coefficient (Wildman–Crippen LogP) is 3.72. The van der Waals surface area contributed by atoms with Crippen molar-refractivity contribution in [1.82, 2.24) is 16.3 Å². The van der Waals surface area contributed by atoms with Gasteiger partial charge in [-0.1, -0.05) is 25.9 Å². The third-order valence-electron chi connectivity index (χ3n) is 2.65. The fraction of sp³-hybridized carbons (Fsp3) is 0.385. The van der Waals surface area contributed by atoms with Gasteiger partial charge in [-0.2, -0.15) is 4.98 Å². The molecule has 0 aliphatic carbocycles. The van der Waals surface area contributed by atoms with Crippen molar-refractivity contribution in [3.63, 3.8) is 0 Å². The van der Waals surface area contributed by atoms with E-state index in [4.69, 9.17) is 4.52 Å². The summed E-state index contributed by atoms with van der Waals surface area (Å²) in [6.45, 7) is 5.85. The van der Waals surface area contributed by atoms with Gasteiger partial charge in [0.25, 0.3) is 0 Å². The van der Waals surface area contributed by atoms with E-state index < -0.39 is 0 Å². The van der Waals surface area contributed by atoms with Crippen LogP contribution in [0.15, 0.2) is 22.7 Å². The zero-order valence-electron chi connectivity index (χ0n) is 10.9. The van der Waals surface area contributed by atoms with Gasteiger partial charge in [0.05, 0.1) is 0 Å². The summed E-state index contributed by atoms with van der Waals surface area (Å²) in [4.78, 5) is 4.23. The van der Waals surface area contributed by atoms with Crippen molar-refractivity contribution in [2.45, 2.75) is 33.1 Å². The van der Waals surface area contributed by atoms with Gasteiger partial charge >= 0.3 is 0 Å². The largest absolute Gasteiger partial charge is 0.344 e. The van der Waals surface area contributed by atoms with Crippen LogP contribution in [0.4, 0.5) is 4.39 Å². The van der Waals surface area contributed by atoms with Gasteiger partial charge in [-0.15, -0.1) is 0 Å². The van der Waals surface area contributed by atoms with E-state index >= 15 is 0 Å². The van der Waals surface area contributed by atoms with Crippen molar-refractivity contribution in [2.24, 2.45) is 0 Å². The molecule has 1 aromatic carbocycles. The lowest BCUT2D eigenvalue weighted by Gasteiger charge is -2.07. The van der Waals surface area contributed by atoms with Crippen molar-refractivity contribution in [1.29, 1.82) is 0 Å². The van der Waals surface area contributed by atoms with Crippen molar-refractivity contribution in [2.75, 3.05) is 0 Å². The molecule has 1 heterocycles. The van der Waals surface area contributed by atoms with E-state index in [-0.39, 0.29) is 17.9 Å². The summed E-state index contributed by atoms with van der Waals surface area (Å²) in [5.41, 5.74) is 1.46. The Morgan fingerprint density at radius 1 is 1.33 bits per heavy atom. The molecule has 0 amide bonds. The van der Waals surface area contributed by atoms with Gasteiger partial charge in [-0.3, -0.25) is 0 Å². The van der Waals surface area contributed by atoms with Gasteiger partial charge in [0.2, 0.25) is 11.7 Å². The third-order valence-corrected chi connectivity index (χ3v) is 2.65. The van der Waals surface area contributed by atoms with Crippen LogP contribution in [0, 0.1) is 5.82 Å². The van der Waals surface area contributed by atoms with E-state index in [1.165, 1.54) is 6.07 Å². The van der Waals surface area contributed by atoms with Crippen LogP contribution in [-0.2, 0) is 6.42 Å². The molecule has 0 saturated carbocycles. The quantitative estimate of drug-likeness (QED) is 0.902. The second kappa shape index (κ2) is 5.73. The number of nitrogens with zero attached hydrogens (tertiary/aromatic N) is 2. The first-order valence-electron chi connectivity index (χ1n) is 5.74. The van der Waals surface area contributed by atoms with E-state index in [0.29, 0.717) is 23.7 Å². The van der Waals surface area contributed by atoms with Crippen LogP contribution in [0.3, 0.4) is 0 Å². The van der Waals surface area contributed by atoms with Crippen LogP contribution >= 0.6 is 0 Å². The molecule has 0 radical (unpaired) electrons. The Bertz CT molecular complexity index is 523. The molecule has 0 aliphatic heterocycles. The van der Waals surface area contributed by atoms with E-state index in [1.54, 1.807) is 12.1 Å². The first kappa shape index (κ1) is 14.3. The zero-order chi connectivity index (χ0) is 12.4. The minimum Gasteiger partial charge on any atom is -0.344 e. The van der Waals surface area contributed by atoms with Gasteiger partial charge in [0, 0.05) is 12.0 Å². The predicted molar refractivity (Wildman–Crippen MR) is 68.2 cm³/mol. The molecular weight excluding hydrogens is 233 g/mol. The molecular formula is C13H18FN3O. The highest BCUT2D eigenvalue weighted by molar-refractivity contribution is 5.56. The summed E-state index contributed by atoms with van der Waals surface area (Å²) in [6.07, 6.45) is 0.700. The Morgan fingerprint density at radius 3 is 2.61 bits per heavy atom. The number of aromatic nitrogens is 2. The summed E-state index contributed by atoms with van der Waals surface area (Å²) in [6, 6.07) is 4.91. The monoisotopic (exact) mass is 251 g/mol. The van der Waals surface area contributed by atoms with Crippen LogP contribution in [-0.4, -0.2) is 10.1 Å². The van der Waals surface area contributed by atoms with Crippen molar-refractivity contribution in [3.8, 4) is 11.4 Å². The topological polar surface area (TPSA) is 73.9 Å². The average molecular weight is 251 g/mol. The second-order valence-corrected chi connectivity index (χ2v) is 4.26. The molecule has 18 heavy (non-hydrogen) atoms. The molecule has 2 aromatic rings. The normalized spacial score (nSPS) is 10.5. The van der Waals surface area contributed by atoms with Crippen LogP contribution in [0.1, 0.15) is 38.1 Å². The minimum absolute atomic E-state index is 0. The van der Waals surface area contributed by atoms with Gasteiger partial charge in [-0.25, -0.2) is 4.39 Å². The molecule has 0 fully saturated rings. The Balaban J connectivity index is 0.00000162. The number of aryl methyl sites for hydroxylation is 1. The SMILES string of the molecule is CCc1nc(-c2ccc(F)c(C(C)C)c2)no1.N. The average Bonchev–Trinajstić information content (AvgIpc) is 2.78.